The van der Waals surface area contributed by atoms with Crippen molar-refractivity contribution < 1.29 is 14.3 Å². The first-order chi connectivity index (χ1) is 11.1. The van der Waals surface area contributed by atoms with Gasteiger partial charge in [-0.3, -0.25) is 4.79 Å². The van der Waals surface area contributed by atoms with Crippen molar-refractivity contribution in [1.82, 2.24) is 0 Å². The molecule has 0 saturated heterocycles. The first-order valence-electron chi connectivity index (χ1n) is 7.39. The van der Waals surface area contributed by atoms with Crippen molar-refractivity contribution in [3.05, 3.63) is 64.7 Å². The van der Waals surface area contributed by atoms with Crippen LogP contribution in [0.4, 0.5) is 5.69 Å². The van der Waals surface area contributed by atoms with E-state index in [2.05, 4.69) is 0 Å². The molecule has 0 N–H and O–H groups in total. The van der Waals surface area contributed by atoms with Crippen LogP contribution in [0.15, 0.2) is 48.5 Å². The fourth-order valence-corrected chi connectivity index (χ4v) is 3.03. The van der Waals surface area contributed by atoms with E-state index in [0.717, 1.165) is 17.7 Å². The third kappa shape index (κ3) is 3.22. The molecule has 3 rings (SSSR count). The summed E-state index contributed by atoms with van der Waals surface area (Å²) in [5.74, 6) is -0.779. The molecule has 23 heavy (non-hydrogen) atoms. The molecule has 5 heteroatoms. The van der Waals surface area contributed by atoms with Gasteiger partial charge in [0.25, 0.3) is 5.91 Å². The quantitative estimate of drug-likeness (QED) is 0.810. The first kappa shape index (κ1) is 15.6. The van der Waals surface area contributed by atoms with Gasteiger partial charge < -0.3 is 9.64 Å². The Morgan fingerprint density at radius 3 is 2.78 bits per heavy atom. The Morgan fingerprint density at radius 2 is 2.00 bits per heavy atom. The largest absolute Gasteiger partial charge is 0.452 e. The van der Waals surface area contributed by atoms with Crippen LogP contribution in [0, 0.1) is 0 Å². The zero-order chi connectivity index (χ0) is 16.4. The van der Waals surface area contributed by atoms with Crippen molar-refractivity contribution in [2.24, 2.45) is 0 Å². The molecule has 1 atom stereocenters. The van der Waals surface area contributed by atoms with E-state index >= 15 is 0 Å². The number of amides is 1. The number of rotatable bonds is 3. The second kappa shape index (κ2) is 6.42. The maximum Gasteiger partial charge on any atom is 0.338 e. The molecular weight excluding hydrogens is 314 g/mol. The molecule has 0 spiro atoms. The Balaban J connectivity index is 1.67. The monoisotopic (exact) mass is 329 g/mol. The summed E-state index contributed by atoms with van der Waals surface area (Å²) in [6.07, 6.45) is 0.810. The lowest BCUT2D eigenvalue weighted by Gasteiger charge is -2.22. The van der Waals surface area contributed by atoms with Gasteiger partial charge in [-0.25, -0.2) is 4.79 Å². The van der Waals surface area contributed by atoms with Crippen molar-refractivity contribution >= 4 is 29.2 Å². The van der Waals surface area contributed by atoms with Crippen molar-refractivity contribution in [2.45, 2.75) is 19.4 Å². The standard InChI is InChI=1S/C18H16ClNO3/c1-12-9-13-5-2-3-8-16(13)20(12)17(21)11-23-18(22)14-6-4-7-15(19)10-14/h2-8,10,12H,9,11H2,1H3. The van der Waals surface area contributed by atoms with Gasteiger partial charge in [-0.2, -0.15) is 0 Å². The predicted octanol–water partition coefficient (Wildman–Crippen LogP) is 3.47. The zero-order valence-corrected chi connectivity index (χ0v) is 13.4. The summed E-state index contributed by atoms with van der Waals surface area (Å²) in [5.41, 5.74) is 2.36. The Morgan fingerprint density at radius 1 is 1.22 bits per heavy atom. The number of anilines is 1. The summed E-state index contributed by atoms with van der Waals surface area (Å²) in [7, 11) is 0. The lowest BCUT2D eigenvalue weighted by Crippen LogP contribution is -2.38. The van der Waals surface area contributed by atoms with Crippen LogP contribution in [0.2, 0.25) is 5.02 Å². The van der Waals surface area contributed by atoms with Crippen molar-refractivity contribution in [3.63, 3.8) is 0 Å². The molecule has 1 heterocycles. The van der Waals surface area contributed by atoms with E-state index in [1.54, 1.807) is 23.1 Å². The topological polar surface area (TPSA) is 46.6 Å². The SMILES string of the molecule is CC1Cc2ccccc2N1C(=O)COC(=O)c1cccc(Cl)c1. The third-order valence-corrected chi connectivity index (χ3v) is 4.10. The van der Waals surface area contributed by atoms with Gasteiger partial charge in [0, 0.05) is 16.8 Å². The van der Waals surface area contributed by atoms with Gasteiger partial charge in [0.05, 0.1) is 5.56 Å². The molecule has 2 aromatic rings. The van der Waals surface area contributed by atoms with E-state index in [-0.39, 0.29) is 18.6 Å². The van der Waals surface area contributed by atoms with Crippen LogP contribution in [0.5, 0.6) is 0 Å². The lowest BCUT2D eigenvalue weighted by atomic mass is 10.1. The Labute approximate surface area is 139 Å². The first-order valence-corrected chi connectivity index (χ1v) is 7.76. The van der Waals surface area contributed by atoms with Crippen LogP contribution in [-0.2, 0) is 16.0 Å². The number of fused-ring (bicyclic) bond motifs is 1. The van der Waals surface area contributed by atoms with E-state index < -0.39 is 5.97 Å². The summed E-state index contributed by atoms with van der Waals surface area (Å²) in [6, 6.07) is 14.3. The molecule has 0 bridgehead atoms. The zero-order valence-electron chi connectivity index (χ0n) is 12.7. The van der Waals surface area contributed by atoms with E-state index in [1.807, 2.05) is 31.2 Å². The molecule has 0 aromatic heterocycles. The fraction of sp³-hybridized carbons (Fsp3) is 0.222. The van der Waals surface area contributed by atoms with E-state index in [0.29, 0.717) is 10.6 Å². The highest BCUT2D eigenvalue weighted by atomic mass is 35.5. The predicted molar refractivity (Wildman–Crippen MR) is 88.8 cm³/mol. The molecule has 118 valence electrons. The number of para-hydroxylation sites is 1. The third-order valence-electron chi connectivity index (χ3n) is 3.86. The highest BCUT2D eigenvalue weighted by molar-refractivity contribution is 6.30. The molecule has 2 aromatic carbocycles. The fourth-order valence-electron chi connectivity index (χ4n) is 2.84. The molecule has 1 unspecified atom stereocenters. The highest BCUT2D eigenvalue weighted by Gasteiger charge is 2.30. The number of esters is 1. The molecule has 0 aliphatic carbocycles. The minimum Gasteiger partial charge on any atom is -0.452 e. The maximum absolute atomic E-state index is 12.4. The van der Waals surface area contributed by atoms with Crippen molar-refractivity contribution in [3.8, 4) is 0 Å². The highest BCUT2D eigenvalue weighted by Crippen LogP contribution is 2.31. The summed E-state index contributed by atoms with van der Waals surface area (Å²) in [5, 5.41) is 0.452. The summed E-state index contributed by atoms with van der Waals surface area (Å²) >= 11 is 5.85. The number of halogens is 1. The van der Waals surface area contributed by atoms with Gasteiger partial charge in [-0.1, -0.05) is 35.9 Å². The van der Waals surface area contributed by atoms with Gasteiger partial charge in [-0.15, -0.1) is 0 Å². The van der Waals surface area contributed by atoms with Crippen LogP contribution in [0.1, 0.15) is 22.8 Å². The van der Waals surface area contributed by atoms with Gasteiger partial charge in [0.2, 0.25) is 0 Å². The van der Waals surface area contributed by atoms with Crippen LogP contribution in [0.25, 0.3) is 0 Å². The van der Waals surface area contributed by atoms with Crippen molar-refractivity contribution in [2.75, 3.05) is 11.5 Å². The number of hydrogen-bond donors (Lipinski definition) is 0. The maximum atomic E-state index is 12.4. The number of benzene rings is 2. The van der Waals surface area contributed by atoms with Crippen LogP contribution < -0.4 is 4.90 Å². The number of carbonyl (C=O) groups is 2. The molecular formula is C18H16ClNO3. The molecule has 4 nitrogen and oxygen atoms in total. The molecule has 1 aliphatic rings. The van der Waals surface area contributed by atoms with Crippen molar-refractivity contribution in [1.29, 1.82) is 0 Å². The molecule has 0 radical (unpaired) electrons. The molecule has 0 fully saturated rings. The minimum atomic E-state index is -0.555. The van der Waals surface area contributed by atoms with E-state index in [9.17, 15) is 9.59 Å². The van der Waals surface area contributed by atoms with Gasteiger partial charge >= 0.3 is 5.97 Å². The van der Waals surface area contributed by atoms with Crippen LogP contribution in [-0.4, -0.2) is 24.5 Å². The Bertz CT molecular complexity index is 759. The second-order valence-corrected chi connectivity index (χ2v) is 5.97. The molecule has 0 saturated carbocycles. The minimum absolute atomic E-state index is 0.0600. The molecule has 1 amide bonds. The second-order valence-electron chi connectivity index (χ2n) is 5.53. The number of hydrogen-bond acceptors (Lipinski definition) is 3. The Hall–Kier alpha value is -2.33. The summed E-state index contributed by atoms with van der Waals surface area (Å²) in [6.45, 7) is 1.70. The number of nitrogens with zero attached hydrogens (tertiary/aromatic N) is 1. The van der Waals surface area contributed by atoms with E-state index in [1.165, 1.54) is 6.07 Å². The van der Waals surface area contributed by atoms with Crippen LogP contribution >= 0.6 is 11.6 Å². The van der Waals surface area contributed by atoms with Gasteiger partial charge in [0.1, 0.15) is 0 Å². The summed E-state index contributed by atoms with van der Waals surface area (Å²) in [4.78, 5) is 26.1. The van der Waals surface area contributed by atoms with Gasteiger partial charge in [0.15, 0.2) is 6.61 Å². The average molecular weight is 330 g/mol. The Kier molecular flexibility index (Phi) is 4.35. The van der Waals surface area contributed by atoms with Crippen LogP contribution in [0.3, 0.4) is 0 Å². The van der Waals surface area contributed by atoms with Gasteiger partial charge in [-0.05, 0) is 43.2 Å². The smallest absolute Gasteiger partial charge is 0.338 e. The average Bonchev–Trinajstić information content (AvgIpc) is 2.88. The number of carbonyl (C=O) groups excluding carboxylic acids is 2. The normalized spacial score (nSPS) is 16.1. The molecule has 1 aliphatic heterocycles. The summed E-state index contributed by atoms with van der Waals surface area (Å²) < 4.78 is 5.13. The number of ether oxygens (including phenoxy) is 1. The van der Waals surface area contributed by atoms with E-state index in [4.69, 9.17) is 16.3 Å². The lowest BCUT2D eigenvalue weighted by molar-refractivity contribution is -0.122.